The van der Waals surface area contributed by atoms with E-state index >= 15 is 0 Å². The number of nitrogens with one attached hydrogen (secondary N) is 1. The standard InChI is InChI=1S/C18H19N5O2/c1-11(2)9-20-18(25)13-8-14(12-6-4-3-5-7-12)23-10-21-15(16(19)24)17(23)22-13/h3-8,10-11H,9H2,1-2H3,(H2,19,24)(H,20,25). The average Bonchev–Trinajstić information content (AvgIpc) is 3.03. The fourth-order valence-corrected chi connectivity index (χ4v) is 2.48. The summed E-state index contributed by atoms with van der Waals surface area (Å²) in [4.78, 5) is 32.4. The largest absolute Gasteiger partial charge is 0.364 e. The maximum atomic E-state index is 12.5. The summed E-state index contributed by atoms with van der Waals surface area (Å²) in [5.74, 6) is -0.670. The highest BCUT2D eigenvalue weighted by molar-refractivity contribution is 5.99. The van der Waals surface area contributed by atoms with Crippen LogP contribution in [0, 0.1) is 5.92 Å². The molecule has 0 saturated carbocycles. The Labute approximate surface area is 144 Å². The number of nitrogens with zero attached hydrogens (tertiary/aromatic N) is 3. The summed E-state index contributed by atoms with van der Waals surface area (Å²) >= 11 is 0. The second-order valence-electron chi connectivity index (χ2n) is 6.15. The Morgan fingerprint density at radius 3 is 2.60 bits per heavy atom. The molecule has 0 aliphatic rings. The van der Waals surface area contributed by atoms with Crippen LogP contribution in [0.1, 0.15) is 34.8 Å². The molecule has 3 N–H and O–H groups in total. The van der Waals surface area contributed by atoms with E-state index in [-0.39, 0.29) is 22.9 Å². The van der Waals surface area contributed by atoms with Crippen molar-refractivity contribution in [3.05, 3.63) is 54.1 Å². The fourth-order valence-electron chi connectivity index (χ4n) is 2.48. The van der Waals surface area contributed by atoms with Crippen LogP contribution in [0.3, 0.4) is 0 Å². The van der Waals surface area contributed by atoms with Gasteiger partial charge in [-0.05, 0) is 17.5 Å². The number of fused-ring (bicyclic) bond motifs is 1. The van der Waals surface area contributed by atoms with Crippen molar-refractivity contribution in [1.82, 2.24) is 19.7 Å². The molecule has 2 aromatic heterocycles. The van der Waals surface area contributed by atoms with Crippen LogP contribution < -0.4 is 11.1 Å². The van der Waals surface area contributed by atoms with Gasteiger partial charge in [-0.25, -0.2) is 9.97 Å². The molecule has 0 spiro atoms. The molecule has 0 atom stereocenters. The molecular formula is C18H19N5O2. The highest BCUT2D eigenvalue weighted by Crippen LogP contribution is 2.22. The molecule has 0 fully saturated rings. The van der Waals surface area contributed by atoms with E-state index in [1.54, 1.807) is 10.5 Å². The van der Waals surface area contributed by atoms with Gasteiger partial charge in [-0.2, -0.15) is 0 Å². The van der Waals surface area contributed by atoms with Gasteiger partial charge in [-0.1, -0.05) is 44.2 Å². The SMILES string of the molecule is CC(C)CNC(=O)c1cc(-c2ccccc2)n2cnc(C(N)=O)c2n1. The summed E-state index contributed by atoms with van der Waals surface area (Å²) in [6.07, 6.45) is 1.49. The molecule has 3 rings (SSSR count). The Morgan fingerprint density at radius 2 is 1.96 bits per heavy atom. The number of nitrogens with two attached hydrogens (primary N) is 1. The number of amides is 2. The number of imidazole rings is 1. The fraction of sp³-hybridized carbons (Fsp3) is 0.222. The minimum absolute atomic E-state index is 0.0377. The minimum Gasteiger partial charge on any atom is -0.364 e. The zero-order valence-electron chi connectivity index (χ0n) is 14.1. The van der Waals surface area contributed by atoms with E-state index in [9.17, 15) is 9.59 Å². The van der Waals surface area contributed by atoms with E-state index in [4.69, 9.17) is 5.73 Å². The van der Waals surface area contributed by atoms with Gasteiger partial charge >= 0.3 is 0 Å². The topological polar surface area (TPSA) is 102 Å². The summed E-state index contributed by atoms with van der Waals surface area (Å²) in [6, 6.07) is 11.2. The molecule has 2 heterocycles. The first-order valence-corrected chi connectivity index (χ1v) is 7.99. The first kappa shape index (κ1) is 16.6. The van der Waals surface area contributed by atoms with Gasteiger partial charge in [0.2, 0.25) is 0 Å². The van der Waals surface area contributed by atoms with Crippen LogP contribution in [0.5, 0.6) is 0 Å². The van der Waals surface area contributed by atoms with Crippen LogP contribution >= 0.6 is 0 Å². The lowest BCUT2D eigenvalue weighted by molar-refractivity contribution is 0.0942. The predicted octanol–water partition coefficient (Wildman–Crippen LogP) is 1.88. The zero-order valence-corrected chi connectivity index (χ0v) is 14.1. The van der Waals surface area contributed by atoms with Crippen molar-refractivity contribution in [2.24, 2.45) is 11.7 Å². The number of hydrogen-bond donors (Lipinski definition) is 2. The van der Waals surface area contributed by atoms with E-state index in [2.05, 4.69) is 15.3 Å². The second-order valence-corrected chi connectivity index (χ2v) is 6.15. The van der Waals surface area contributed by atoms with E-state index in [0.717, 1.165) is 5.56 Å². The Balaban J connectivity index is 2.17. The summed E-state index contributed by atoms with van der Waals surface area (Å²) in [5.41, 5.74) is 7.49. The van der Waals surface area contributed by atoms with E-state index < -0.39 is 5.91 Å². The van der Waals surface area contributed by atoms with Crippen molar-refractivity contribution in [2.75, 3.05) is 6.54 Å². The maximum Gasteiger partial charge on any atom is 0.271 e. The van der Waals surface area contributed by atoms with Crippen molar-refractivity contribution in [1.29, 1.82) is 0 Å². The highest BCUT2D eigenvalue weighted by Gasteiger charge is 2.18. The van der Waals surface area contributed by atoms with E-state index in [0.29, 0.717) is 18.2 Å². The Kier molecular flexibility index (Phi) is 4.47. The zero-order chi connectivity index (χ0) is 18.0. The number of benzene rings is 1. The van der Waals surface area contributed by atoms with Gasteiger partial charge in [-0.3, -0.25) is 14.0 Å². The number of primary amides is 1. The van der Waals surface area contributed by atoms with Crippen LogP contribution in [0.25, 0.3) is 16.9 Å². The molecule has 7 heteroatoms. The molecule has 1 aromatic carbocycles. The summed E-state index contributed by atoms with van der Waals surface area (Å²) in [5, 5.41) is 2.84. The third-order valence-corrected chi connectivity index (χ3v) is 3.71. The number of carbonyl (C=O) groups excluding carboxylic acids is 2. The number of carbonyl (C=O) groups is 2. The molecule has 128 valence electrons. The van der Waals surface area contributed by atoms with Crippen molar-refractivity contribution >= 4 is 17.5 Å². The van der Waals surface area contributed by atoms with Crippen molar-refractivity contribution in [3.63, 3.8) is 0 Å². The first-order valence-electron chi connectivity index (χ1n) is 7.99. The summed E-state index contributed by atoms with van der Waals surface area (Å²) in [6.45, 7) is 4.55. The van der Waals surface area contributed by atoms with Crippen molar-refractivity contribution < 1.29 is 9.59 Å². The van der Waals surface area contributed by atoms with Gasteiger partial charge in [0.15, 0.2) is 11.3 Å². The van der Waals surface area contributed by atoms with Gasteiger partial charge < -0.3 is 11.1 Å². The number of aromatic nitrogens is 3. The molecular weight excluding hydrogens is 318 g/mol. The van der Waals surface area contributed by atoms with Gasteiger partial charge in [0.1, 0.15) is 12.0 Å². The minimum atomic E-state index is -0.686. The molecule has 0 aliphatic carbocycles. The molecule has 2 amide bonds. The number of hydrogen-bond acceptors (Lipinski definition) is 4. The summed E-state index contributed by atoms with van der Waals surface area (Å²) < 4.78 is 1.66. The normalized spacial score (nSPS) is 11.0. The van der Waals surface area contributed by atoms with Crippen molar-refractivity contribution in [2.45, 2.75) is 13.8 Å². The molecule has 7 nitrogen and oxygen atoms in total. The summed E-state index contributed by atoms with van der Waals surface area (Å²) in [7, 11) is 0. The lowest BCUT2D eigenvalue weighted by Crippen LogP contribution is -2.28. The molecule has 0 radical (unpaired) electrons. The average molecular weight is 337 g/mol. The van der Waals surface area contributed by atoms with Crippen LogP contribution in [0.4, 0.5) is 0 Å². The smallest absolute Gasteiger partial charge is 0.271 e. The molecule has 0 aliphatic heterocycles. The van der Waals surface area contributed by atoms with Crippen LogP contribution in [-0.4, -0.2) is 32.7 Å². The first-order chi connectivity index (χ1) is 12.0. The van der Waals surface area contributed by atoms with E-state index in [1.165, 1.54) is 6.33 Å². The lowest BCUT2D eigenvalue weighted by Gasteiger charge is -2.11. The molecule has 25 heavy (non-hydrogen) atoms. The Hall–Kier alpha value is -3.22. The third kappa shape index (κ3) is 3.35. The quantitative estimate of drug-likeness (QED) is 0.742. The van der Waals surface area contributed by atoms with Gasteiger partial charge in [0.25, 0.3) is 11.8 Å². The molecule has 3 aromatic rings. The monoisotopic (exact) mass is 337 g/mol. The van der Waals surface area contributed by atoms with Gasteiger partial charge in [0.05, 0.1) is 5.69 Å². The predicted molar refractivity (Wildman–Crippen MR) is 94.1 cm³/mol. The van der Waals surface area contributed by atoms with Crippen molar-refractivity contribution in [3.8, 4) is 11.3 Å². The molecule has 0 saturated heterocycles. The van der Waals surface area contributed by atoms with Gasteiger partial charge in [0, 0.05) is 6.54 Å². The molecule has 0 unspecified atom stereocenters. The maximum absolute atomic E-state index is 12.5. The van der Waals surface area contributed by atoms with Crippen LogP contribution in [-0.2, 0) is 0 Å². The highest BCUT2D eigenvalue weighted by atomic mass is 16.2. The Morgan fingerprint density at radius 1 is 1.24 bits per heavy atom. The van der Waals surface area contributed by atoms with Gasteiger partial charge in [-0.15, -0.1) is 0 Å². The third-order valence-electron chi connectivity index (χ3n) is 3.71. The lowest BCUT2D eigenvalue weighted by atomic mass is 10.1. The van der Waals surface area contributed by atoms with E-state index in [1.807, 2.05) is 44.2 Å². The number of rotatable bonds is 5. The van der Waals surface area contributed by atoms with Crippen LogP contribution in [0.15, 0.2) is 42.7 Å². The Bertz CT molecular complexity index is 931. The van der Waals surface area contributed by atoms with Crippen LogP contribution in [0.2, 0.25) is 0 Å². The second kappa shape index (κ2) is 6.72. The molecule has 0 bridgehead atoms.